The molecular formula is C24H22F2N6O3S. The van der Waals surface area contributed by atoms with Crippen LogP contribution in [0.25, 0.3) is 5.52 Å². The molecule has 0 bridgehead atoms. The number of thioether (sulfide) groups is 1. The van der Waals surface area contributed by atoms with Crippen LogP contribution in [0, 0.1) is 11.6 Å². The number of aromatic nitrogens is 4. The topological polar surface area (TPSA) is 121 Å². The highest BCUT2D eigenvalue weighted by Gasteiger charge is 2.21. The second-order valence-corrected chi connectivity index (χ2v) is 8.92. The molecule has 12 heteroatoms. The summed E-state index contributed by atoms with van der Waals surface area (Å²) >= 11 is 1.51. The lowest BCUT2D eigenvalue weighted by atomic mass is 10.1. The molecular weight excluding hydrogens is 490 g/mol. The van der Waals surface area contributed by atoms with Crippen molar-refractivity contribution in [3.8, 4) is 0 Å². The second kappa shape index (κ2) is 11.1. The van der Waals surface area contributed by atoms with Gasteiger partial charge in [0.05, 0.1) is 12.2 Å². The predicted octanol–water partition coefficient (Wildman–Crippen LogP) is 3.06. The monoisotopic (exact) mass is 512 g/mol. The first-order valence-corrected chi connectivity index (χ1v) is 12.0. The van der Waals surface area contributed by atoms with E-state index in [-0.39, 0.29) is 29.7 Å². The zero-order chi connectivity index (χ0) is 25.7. The van der Waals surface area contributed by atoms with E-state index in [0.717, 1.165) is 17.0 Å². The predicted molar refractivity (Wildman–Crippen MR) is 131 cm³/mol. The van der Waals surface area contributed by atoms with Crippen molar-refractivity contribution < 1.29 is 18.4 Å². The maximum Gasteiger partial charge on any atom is 0.290 e. The van der Waals surface area contributed by atoms with E-state index in [1.807, 2.05) is 30.3 Å². The third-order valence-electron chi connectivity index (χ3n) is 5.18. The lowest BCUT2D eigenvalue weighted by Gasteiger charge is -2.16. The number of aromatic amines is 1. The Balaban J connectivity index is 1.44. The molecule has 2 heterocycles. The van der Waals surface area contributed by atoms with Gasteiger partial charge in [0.25, 0.3) is 5.56 Å². The molecule has 0 spiro atoms. The Bertz CT molecular complexity index is 1440. The standard InChI is InChI=1S/C24H22F2N6O3S/c1-2-18(27-22(33)10-14-8-15(25)11-16(26)9-14)23(34)28-20-12-19-24(35)30-29-21(32(19)31-20)13-36-17-6-4-3-5-7-17/h3-9,11-12,18H,2,10,13H2,1H3,(H,27,33)(H,30,35)(H,28,31,34)/t18-/m0/s1. The van der Waals surface area contributed by atoms with Gasteiger partial charge in [-0.15, -0.1) is 16.9 Å². The minimum absolute atomic E-state index is 0.115. The number of carbonyl (C=O) groups excluding carboxylic acids is 2. The average molecular weight is 513 g/mol. The number of nitrogens with one attached hydrogen (secondary N) is 3. The van der Waals surface area contributed by atoms with Crippen molar-refractivity contribution in [1.29, 1.82) is 0 Å². The molecule has 0 radical (unpaired) electrons. The first-order chi connectivity index (χ1) is 17.3. The summed E-state index contributed by atoms with van der Waals surface area (Å²) < 4.78 is 28.1. The Kier molecular flexibility index (Phi) is 7.74. The maximum atomic E-state index is 13.4. The van der Waals surface area contributed by atoms with Gasteiger partial charge in [0.1, 0.15) is 23.2 Å². The molecule has 4 aromatic rings. The van der Waals surface area contributed by atoms with E-state index < -0.39 is 35.0 Å². The average Bonchev–Trinajstić information content (AvgIpc) is 3.26. The van der Waals surface area contributed by atoms with E-state index in [2.05, 4.69) is 25.9 Å². The first kappa shape index (κ1) is 25.0. The summed E-state index contributed by atoms with van der Waals surface area (Å²) in [5, 5.41) is 16.0. The van der Waals surface area contributed by atoms with Crippen LogP contribution in [0.1, 0.15) is 24.7 Å². The summed E-state index contributed by atoms with van der Waals surface area (Å²) in [6.07, 6.45) is -0.0418. The molecule has 36 heavy (non-hydrogen) atoms. The smallest absolute Gasteiger partial charge is 0.290 e. The Hall–Kier alpha value is -4.06. The van der Waals surface area contributed by atoms with E-state index in [1.54, 1.807) is 6.92 Å². The molecule has 2 amide bonds. The van der Waals surface area contributed by atoms with Crippen LogP contribution in [-0.2, 0) is 21.8 Å². The van der Waals surface area contributed by atoms with E-state index in [4.69, 9.17) is 0 Å². The van der Waals surface area contributed by atoms with Crippen LogP contribution in [0.5, 0.6) is 0 Å². The van der Waals surface area contributed by atoms with E-state index in [9.17, 15) is 23.2 Å². The van der Waals surface area contributed by atoms with E-state index in [1.165, 1.54) is 22.3 Å². The maximum absolute atomic E-state index is 13.4. The first-order valence-electron chi connectivity index (χ1n) is 11.0. The molecule has 2 aromatic heterocycles. The number of fused-ring (bicyclic) bond motifs is 1. The number of hydrogen-bond acceptors (Lipinski definition) is 6. The SMILES string of the molecule is CC[C@H](NC(=O)Cc1cc(F)cc(F)c1)C(=O)Nc1cc2c(=O)[nH]nc(CSc3ccccc3)n2n1. The summed E-state index contributed by atoms with van der Waals surface area (Å²) in [4.78, 5) is 38.4. The van der Waals surface area contributed by atoms with Crippen LogP contribution < -0.4 is 16.2 Å². The van der Waals surface area contributed by atoms with Crippen LogP contribution in [0.2, 0.25) is 0 Å². The van der Waals surface area contributed by atoms with Crippen LogP contribution in [0.15, 0.2) is 64.3 Å². The van der Waals surface area contributed by atoms with E-state index in [0.29, 0.717) is 17.6 Å². The number of amides is 2. The Morgan fingerprint density at radius 3 is 2.53 bits per heavy atom. The number of halogens is 2. The van der Waals surface area contributed by atoms with Crippen LogP contribution in [0.3, 0.4) is 0 Å². The Labute approximate surface area is 208 Å². The van der Waals surface area contributed by atoms with Crippen molar-refractivity contribution in [2.24, 2.45) is 0 Å². The minimum Gasteiger partial charge on any atom is -0.344 e. The largest absolute Gasteiger partial charge is 0.344 e. The number of anilines is 1. The van der Waals surface area contributed by atoms with Crippen LogP contribution in [-0.4, -0.2) is 37.7 Å². The van der Waals surface area contributed by atoms with Gasteiger partial charge >= 0.3 is 0 Å². The fraction of sp³-hybridized carbons (Fsp3) is 0.208. The molecule has 186 valence electrons. The van der Waals surface area contributed by atoms with Gasteiger partial charge in [-0.3, -0.25) is 14.4 Å². The summed E-state index contributed by atoms with van der Waals surface area (Å²) in [6.45, 7) is 1.70. The van der Waals surface area contributed by atoms with Crippen molar-refractivity contribution in [2.75, 3.05) is 5.32 Å². The lowest BCUT2D eigenvalue weighted by molar-refractivity contribution is -0.126. The molecule has 2 aromatic carbocycles. The Morgan fingerprint density at radius 1 is 1.11 bits per heavy atom. The van der Waals surface area contributed by atoms with Crippen molar-refractivity contribution in [3.63, 3.8) is 0 Å². The molecule has 0 saturated heterocycles. The number of hydrogen-bond donors (Lipinski definition) is 3. The van der Waals surface area contributed by atoms with Gasteiger partial charge in [-0.2, -0.15) is 5.10 Å². The number of nitrogens with zero attached hydrogens (tertiary/aromatic N) is 3. The fourth-order valence-corrected chi connectivity index (χ4v) is 4.32. The number of carbonyl (C=O) groups is 2. The van der Waals surface area contributed by atoms with Crippen molar-refractivity contribution in [2.45, 2.75) is 36.5 Å². The summed E-state index contributed by atoms with van der Waals surface area (Å²) in [7, 11) is 0. The molecule has 4 rings (SSSR count). The van der Waals surface area contributed by atoms with Gasteiger partial charge in [0, 0.05) is 17.0 Å². The molecule has 0 fully saturated rings. The number of H-pyrrole nitrogens is 1. The van der Waals surface area contributed by atoms with Gasteiger partial charge in [-0.1, -0.05) is 25.1 Å². The van der Waals surface area contributed by atoms with Crippen molar-refractivity contribution in [3.05, 3.63) is 88.0 Å². The third kappa shape index (κ3) is 6.13. The summed E-state index contributed by atoms with van der Waals surface area (Å²) in [6, 6.07) is 13.0. The van der Waals surface area contributed by atoms with Crippen molar-refractivity contribution >= 4 is 34.9 Å². The molecule has 9 nitrogen and oxygen atoms in total. The van der Waals surface area contributed by atoms with Gasteiger partial charge in [0.15, 0.2) is 11.6 Å². The van der Waals surface area contributed by atoms with E-state index >= 15 is 0 Å². The zero-order valence-electron chi connectivity index (χ0n) is 19.1. The van der Waals surface area contributed by atoms with Crippen molar-refractivity contribution in [1.82, 2.24) is 25.1 Å². The zero-order valence-corrected chi connectivity index (χ0v) is 19.9. The molecule has 3 N–H and O–H groups in total. The highest BCUT2D eigenvalue weighted by atomic mass is 32.2. The molecule has 0 aliphatic carbocycles. The summed E-state index contributed by atoms with van der Waals surface area (Å²) in [5.41, 5.74) is -0.124. The number of rotatable bonds is 9. The number of benzene rings is 2. The van der Waals surface area contributed by atoms with Crippen LogP contribution in [0.4, 0.5) is 14.6 Å². The molecule has 0 saturated carbocycles. The van der Waals surface area contributed by atoms with Gasteiger partial charge < -0.3 is 10.6 Å². The minimum atomic E-state index is -0.926. The lowest BCUT2D eigenvalue weighted by Crippen LogP contribution is -2.44. The third-order valence-corrected chi connectivity index (χ3v) is 6.19. The highest BCUT2D eigenvalue weighted by molar-refractivity contribution is 7.98. The molecule has 1 atom stereocenters. The van der Waals surface area contributed by atoms with Gasteiger partial charge in [-0.05, 0) is 36.2 Å². The normalized spacial score (nSPS) is 11.9. The molecule has 0 aliphatic heterocycles. The van der Waals surface area contributed by atoms with Gasteiger partial charge in [0.2, 0.25) is 11.8 Å². The fourth-order valence-electron chi connectivity index (χ4n) is 3.49. The van der Waals surface area contributed by atoms with Crippen LogP contribution >= 0.6 is 11.8 Å². The molecule has 0 aliphatic rings. The quantitative estimate of drug-likeness (QED) is 0.297. The second-order valence-electron chi connectivity index (χ2n) is 7.87. The molecule has 0 unspecified atom stereocenters. The Morgan fingerprint density at radius 2 is 1.83 bits per heavy atom. The van der Waals surface area contributed by atoms with Gasteiger partial charge in [-0.25, -0.2) is 18.4 Å². The summed E-state index contributed by atoms with van der Waals surface area (Å²) in [5.74, 6) is -1.70. The highest BCUT2D eigenvalue weighted by Crippen LogP contribution is 2.21.